The summed E-state index contributed by atoms with van der Waals surface area (Å²) in [4.78, 5) is 22.9. The zero-order chi connectivity index (χ0) is 15.2. The lowest BCUT2D eigenvalue weighted by atomic mass is 9.95. The Balaban J connectivity index is 1.84. The van der Waals surface area contributed by atoms with Gasteiger partial charge in [-0.3, -0.25) is 4.79 Å². The summed E-state index contributed by atoms with van der Waals surface area (Å²) in [6, 6.07) is 4.84. The molecular formula is C16H21NO4. The second-order valence-corrected chi connectivity index (χ2v) is 5.48. The summed E-state index contributed by atoms with van der Waals surface area (Å²) in [5.41, 5.74) is 1.55. The normalized spacial score (nSPS) is 15.7. The molecule has 2 rings (SSSR count). The van der Waals surface area contributed by atoms with Gasteiger partial charge in [0.05, 0.1) is 5.56 Å². The number of carboxylic acids is 1. The number of aromatic carboxylic acids is 1. The predicted molar refractivity (Wildman–Crippen MR) is 79.5 cm³/mol. The van der Waals surface area contributed by atoms with Crippen molar-refractivity contribution in [1.82, 2.24) is 0 Å². The van der Waals surface area contributed by atoms with Crippen LogP contribution in [0.1, 0.15) is 41.6 Å². The van der Waals surface area contributed by atoms with E-state index in [1.165, 1.54) is 6.07 Å². The van der Waals surface area contributed by atoms with Gasteiger partial charge >= 0.3 is 5.97 Å². The van der Waals surface area contributed by atoms with Crippen LogP contribution in [0.3, 0.4) is 0 Å². The number of carbonyl (C=O) groups excluding carboxylic acids is 1. The second kappa shape index (κ2) is 7.22. The lowest BCUT2D eigenvalue weighted by molar-refractivity contribution is -0.116. The highest BCUT2D eigenvalue weighted by molar-refractivity contribution is 5.93. The molecule has 21 heavy (non-hydrogen) atoms. The van der Waals surface area contributed by atoms with Gasteiger partial charge in [-0.15, -0.1) is 0 Å². The average Bonchev–Trinajstić information content (AvgIpc) is 2.46. The molecule has 5 nitrogen and oxygen atoms in total. The fourth-order valence-electron chi connectivity index (χ4n) is 2.58. The maximum atomic E-state index is 11.9. The number of nitrogens with one attached hydrogen (secondary N) is 1. The van der Waals surface area contributed by atoms with E-state index in [0.717, 1.165) is 32.5 Å². The first-order valence-corrected chi connectivity index (χ1v) is 7.28. The van der Waals surface area contributed by atoms with Gasteiger partial charge in [-0.25, -0.2) is 4.79 Å². The van der Waals surface area contributed by atoms with Crippen molar-refractivity contribution in [1.29, 1.82) is 0 Å². The van der Waals surface area contributed by atoms with Gasteiger partial charge in [0.15, 0.2) is 0 Å². The fraction of sp³-hybridized carbons (Fsp3) is 0.500. The Hall–Kier alpha value is -1.88. The van der Waals surface area contributed by atoms with Crippen LogP contribution < -0.4 is 5.32 Å². The third-order valence-electron chi connectivity index (χ3n) is 3.86. The molecule has 2 N–H and O–H groups in total. The number of hydrogen-bond acceptors (Lipinski definition) is 3. The van der Waals surface area contributed by atoms with E-state index in [0.29, 0.717) is 23.6 Å². The van der Waals surface area contributed by atoms with Gasteiger partial charge in [0, 0.05) is 25.3 Å². The largest absolute Gasteiger partial charge is 0.478 e. The van der Waals surface area contributed by atoms with Gasteiger partial charge in [0.2, 0.25) is 5.91 Å². The summed E-state index contributed by atoms with van der Waals surface area (Å²) in [5.74, 6) is -0.408. The number of anilines is 1. The van der Waals surface area contributed by atoms with Crippen LogP contribution in [0.5, 0.6) is 0 Å². The number of carbonyl (C=O) groups is 2. The fourth-order valence-corrected chi connectivity index (χ4v) is 2.58. The molecule has 114 valence electrons. The van der Waals surface area contributed by atoms with Crippen molar-refractivity contribution >= 4 is 17.6 Å². The highest BCUT2D eigenvalue weighted by atomic mass is 16.5. The number of ether oxygens (including phenoxy) is 1. The first-order valence-electron chi connectivity index (χ1n) is 7.28. The maximum absolute atomic E-state index is 11.9. The minimum atomic E-state index is -0.954. The second-order valence-electron chi connectivity index (χ2n) is 5.48. The molecule has 1 aliphatic rings. The van der Waals surface area contributed by atoms with Crippen molar-refractivity contribution in [3.8, 4) is 0 Å². The van der Waals surface area contributed by atoms with Gasteiger partial charge in [0.25, 0.3) is 0 Å². The molecule has 0 aromatic heterocycles. The Labute approximate surface area is 124 Å². The molecule has 1 fully saturated rings. The Kier molecular flexibility index (Phi) is 5.33. The Morgan fingerprint density at radius 2 is 2.05 bits per heavy atom. The van der Waals surface area contributed by atoms with Crippen molar-refractivity contribution in [2.75, 3.05) is 18.5 Å². The molecule has 5 heteroatoms. The highest BCUT2D eigenvalue weighted by Crippen LogP contribution is 2.21. The van der Waals surface area contributed by atoms with E-state index in [9.17, 15) is 9.59 Å². The molecule has 0 unspecified atom stereocenters. The van der Waals surface area contributed by atoms with Crippen LogP contribution in [0, 0.1) is 12.8 Å². The molecule has 1 aliphatic heterocycles. The molecule has 0 aliphatic carbocycles. The molecule has 1 aromatic rings. The Bertz CT molecular complexity index is 521. The standard InChI is InChI=1S/C16H21NO4/c1-11-10-13(3-4-14(11)16(19)20)17-15(18)5-2-12-6-8-21-9-7-12/h3-4,10,12H,2,5-9H2,1H3,(H,17,18)(H,19,20). The Morgan fingerprint density at radius 1 is 1.33 bits per heavy atom. The number of carboxylic acid groups (broad SMARTS) is 1. The SMILES string of the molecule is Cc1cc(NC(=O)CCC2CCOCC2)ccc1C(=O)O. The third-order valence-corrected chi connectivity index (χ3v) is 3.86. The smallest absolute Gasteiger partial charge is 0.335 e. The molecule has 0 bridgehead atoms. The summed E-state index contributed by atoms with van der Waals surface area (Å²) in [7, 11) is 0. The number of hydrogen-bond donors (Lipinski definition) is 2. The highest BCUT2D eigenvalue weighted by Gasteiger charge is 2.15. The van der Waals surface area contributed by atoms with E-state index in [2.05, 4.69) is 5.32 Å². The van der Waals surface area contributed by atoms with Gasteiger partial charge in [-0.1, -0.05) is 0 Å². The zero-order valence-electron chi connectivity index (χ0n) is 12.2. The molecule has 1 heterocycles. The van der Waals surface area contributed by atoms with E-state index in [1.807, 2.05) is 0 Å². The van der Waals surface area contributed by atoms with Crippen molar-refractivity contribution in [2.24, 2.45) is 5.92 Å². The van der Waals surface area contributed by atoms with Crippen LogP contribution in [-0.2, 0) is 9.53 Å². The van der Waals surface area contributed by atoms with Crippen LogP contribution in [0.4, 0.5) is 5.69 Å². The molecule has 0 spiro atoms. The summed E-state index contributed by atoms with van der Waals surface area (Å²) in [5, 5.41) is 11.8. The molecule has 1 amide bonds. The molecule has 0 atom stereocenters. The van der Waals surface area contributed by atoms with Gasteiger partial charge in [0.1, 0.15) is 0 Å². The predicted octanol–water partition coefficient (Wildman–Crippen LogP) is 2.84. The lowest BCUT2D eigenvalue weighted by Gasteiger charge is -2.21. The van der Waals surface area contributed by atoms with E-state index >= 15 is 0 Å². The minimum absolute atomic E-state index is 0.0241. The quantitative estimate of drug-likeness (QED) is 0.874. The summed E-state index contributed by atoms with van der Waals surface area (Å²) in [6.45, 7) is 3.31. The molecule has 0 radical (unpaired) electrons. The molecule has 1 aromatic carbocycles. The topological polar surface area (TPSA) is 75.6 Å². The third kappa shape index (κ3) is 4.56. The van der Waals surface area contributed by atoms with Gasteiger partial charge < -0.3 is 15.2 Å². The molecular weight excluding hydrogens is 270 g/mol. The summed E-state index contributed by atoms with van der Waals surface area (Å²) < 4.78 is 5.30. The first-order chi connectivity index (χ1) is 10.1. The number of amides is 1. The first kappa shape index (κ1) is 15.5. The molecule has 1 saturated heterocycles. The molecule has 0 saturated carbocycles. The number of aryl methyl sites for hydroxylation is 1. The Morgan fingerprint density at radius 3 is 2.67 bits per heavy atom. The van der Waals surface area contributed by atoms with Crippen LogP contribution >= 0.6 is 0 Å². The number of rotatable bonds is 5. The van der Waals surface area contributed by atoms with E-state index in [4.69, 9.17) is 9.84 Å². The average molecular weight is 291 g/mol. The maximum Gasteiger partial charge on any atom is 0.335 e. The van der Waals surface area contributed by atoms with Crippen LogP contribution in [-0.4, -0.2) is 30.2 Å². The van der Waals surface area contributed by atoms with Crippen molar-refractivity contribution in [3.63, 3.8) is 0 Å². The summed E-state index contributed by atoms with van der Waals surface area (Å²) >= 11 is 0. The van der Waals surface area contributed by atoms with Crippen molar-refractivity contribution in [2.45, 2.75) is 32.6 Å². The minimum Gasteiger partial charge on any atom is -0.478 e. The van der Waals surface area contributed by atoms with E-state index in [-0.39, 0.29) is 11.5 Å². The van der Waals surface area contributed by atoms with Crippen LogP contribution in [0.25, 0.3) is 0 Å². The van der Waals surface area contributed by atoms with Crippen molar-refractivity contribution in [3.05, 3.63) is 29.3 Å². The summed E-state index contributed by atoms with van der Waals surface area (Å²) in [6.07, 6.45) is 3.42. The van der Waals surface area contributed by atoms with Crippen LogP contribution in [0.2, 0.25) is 0 Å². The zero-order valence-corrected chi connectivity index (χ0v) is 12.2. The van der Waals surface area contributed by atoms with E-state index in [1.54, 1.807) is 19.1 Å². The monoisotopic (exact) mass is 291 g/mol. The van der Waals surface area contributed by atoms with Crippen LogP contribution in [0.15, 0.2) is 18.2 Å². The number of benzene rings is 1. The van der Waals surface area contributed by atoms with Gasteiger partial charge in [-0.2, -0.15) is 0 Å². The van der Waals surface area contributed by atoms with Crippen molar-refractivity contribution < 1.29 is 19.4 Å². The van der Waals surface area contributed by atoms with E-state index < -0.39 is 5.97 Å². The van der Waals surface area contributed by atoms with Gasteiger partial charge in [-0.05, 0) is 55.9 Å². The lowest BCUT2D eigenvalue weighted by Crippen LogP contribution is -2.18.